The molecule has 4 aliphatic rings. The second-order valence-corrected chi connectivity index (χ2v) is 7.13. The zero-order chi connectivity index (χ0) is 12.1. The lowest BCUT2D eigenvalue weighted by Crippen LogP contribution is -2.53. The maximum absolute atomic E-state index is 3.78. The Morgan fingerprint density at radius 2 is 1.72 bits per heavy atom. The van der Waals surface area contributed by atoms with Gasteiger partial charge < -0.3 is 10.2 Å². The third-order valence-corrected chi connectivity index (χ3v) is 6.14. The largest absolute Gasteiger partial charge is 0.311 e. The second-order valence-electron chi connectivity index (χ2n) is 7.13. The van der Waals surface area contributed by atoms with Crippen molar-refractivity contribution in [2.75, 3.05) is 26.7 Å². The van der Waals surface area contributed by atoms with E-state index in [4.69, 9.17) is 0 Å². The van der Waals surface area contributed by atoms with Gasteiger partial charge in [-0.05, 0) is 64.6 Å². The van der Waals surface area contributed by atoms with E-state index < -0.39 is 0 Å². The Hall–Kier alpha value is -0.120. The summed E-state index contributed by atoms with van der Waals surface area (Å²) >= 11 is 0. The van der Waals surface area contributed by atoms with Crippen LogP contribution in [-0.2, 0) is 0 Å². The standard InChI is InChI=1S/C15H27N3/c1-17(14-8-12-2-3-13(9-14)16-12)15-5-7-18-6-4-11(15)10-18/h11-16H,2-10H2,1H3. The Morgan fingerprint density at radius 3 is 2.50 bits per heavy atom. The molecule has 1 N–H and O–H groups in total. The van der Waals surface area contributed by atoms with E-state index >= 15 is 0 Å². The van der Waals surface area contributed by atoms with Crippen LogP contribution >= 0.6 is 0 Å². The maximum Gasteiger partial charge on any atom is 0.0148 e. The Kier molecular flexibility index (Phi) is 2.90. The van der Waals surface area contributed by atoms with Crippen LogP contribution in [0.15, 0.2) is 0 Å². The van der Waals surface area contributed by atoms with Crippen LogP contribution in [0.4, 0.5) is 0 Å². The fraction of sp³-hybridized carbons (Fsp3) is 1.00. The predicted molar refractivity (Wildman–Crippen MR) is 73.7 cm³/mol. The third kappa shape index (κ3) is 1.91. The van der Waals surface area contributed by atoms with Crippen LogP contribution in [0.25, 0.3) is 0 Å². The summed E-state index contributed by atoms with van der Waals surface area (Å²) < 4.78 is 0. The summed E-state index contributed by atoms with van der Waals surface area (Å²) in [5, 5.41) is 3.78. The van der Waals surface area contributed by atoms with Gasteiger partial charge in [0.1, 0.15) is 0 Å². The zero-order valence-electron chi connectivity index (χ0n) is 11.6. The van der Waals surface area contributed by atoms with Gasteiger partial charge in [0.25, 0.3) is 0 Å². The average Bonchev–Trinajstić information content (AvgIpc) is 2.93. The molecule has 5 unspecified atom stereocenters. The average molecular weight is 249 g/mol. The van der Waals surface area contributed by atoms with E-state index in [1.807, 2.05) is 0 Å². The normalized spacial score (nSPS) is 51.0. The fourth-order valence-corrected chi connectivity index (χ4v) is 5.10. The Morgan fingerprint density at radius 1 is 1.00 bits per heavy atom. The predicted octanol–water partition coefficient (Wildman–Crippen LogP) is 1.30. The minimum atomic E-state index is 0.833. The van der Waals surface area contributed by atoms with Crippen molar-refractivity contribution in [3.8, 4) is 0 Å². The molecule has 0 radical (unpaired) electrons. The van der Waals surface area contributed by atoms with Crippen LogP contribution in [-0.4, -0.2) is 60.6 Å². The number of nitrogens with one attached hydrogen (secondary N) is 1. The Bertz CT molecular complexity index is 307. The van der Waals surface area contributed by atoms with E-state index in [1.54, 1.807) is 0 Å². The number of fused-ring (bicyclic) bond motifs is 4. The number of hydrogen-bond acceptors (Lipinski definition) is 3. The van der Waals surface area contributed by atoms with E-state index in [1.165, 1.54) is 58.2 Å². The van der Waals surface area contributed by atoms with E-state index in [9.17, 15) is 0 Å². The lowest BCUT2D eigenvalue weighted by atomic mass is 9.89. The highest BCUT2D eigenvalue weighted by Crippen LogP contribution is 2.35. The second kappa shape index (κ2) is 4.46. The molecule has 0 spiro atoms. The first-order valence-corrected chi connectivity index (χ1v) is 8.00. The molecular formula is C15H27N3. The van der Waals surface area contributed by atoms with Crippen LogP contribution in [0.3, 0.4) is 0 Å². The van der Waals surface area contributed by atoms with E-state index in [0.29, 0.717) is 0 Å². The summed E-state index contributed by atoms with van der Waals surface area (Å²) in [6, 6.07) is 3.41. The Balaban J connectivity index is 1.44. The topological polar surface area (TPSA) is 18.5 Å². The highest BCUT2D eigenvalue weighted by atomic mass is 15.2. The van der Waals surface area contributed by atoms with E-state index in [2.05, 4.69) is 22.2 Å². The van der Waals surface area contributed by atoms with Gasteiger partial charge in [0.15, 0.2) is 0 Å². The Labute approximate surface area is 111 Å². The molecule has 4 fully saturated rings. The summed E-state index contributed by atoms with van der Waals surface area (Å²) in [6.07, 6.45) is 8.53. The fourth-order valence-electron chi connectivity index (χ4n) is 5.10. The first-order chi connectivity index (χ1) is 8.79. The SMILES string of the molecule is CN(C1CC2CCC(C1)N2)C1CCN2CCC1C2. The van der Waals surface area contributed by atoms with Gasteiger partial charge in [0.2, 0.25) is 0 Å². The minimum absolute atomic E-state index is 0.833. The van der Waals surface area contributed by atoms with E-state index in [0.717, 1.165) is 30.1 Å². The molecule has 0 aliphatic carbocycles. The smallest absolute Gasteiger partial charge is 0.0148 e. The quantitative estimate of drug-likeness (QED) is 0.796. The van der Waals surface area contributed by atoms with Crippen molar-refractivity contribution in [3.63, 3.8) is 0 Å². The molecule has 0 aromatic heterocycles. The molecule has 0 amide bonds. The maximum atomic E-state index is 3.78. The number of nitrogens with zero attached hydrogens (tertiary/aromatic N) is 2. The van der Waals surface area contributed by atoms with Gasteiger partial charge in [0, 0.05) is 30.7 Å². The van der Waals surface area contributed by atoms with Crippen molar-refractivity contribution < 1.29 is 0 Å². The molecule has 0 aromatic rings. The molecule has 102 valence electrons. The molecule has 0 saturated carbocycles. The summed E-state index contributed by atoms with van der Waals surface area (Å²) in [6.45, 7) is 4.10. The van der Waals surface area contributed by atoms with Crippen molar-refractivity contribution in [3.05, 3.63) is 0 Å². The van der Waals surface area contributed by atoms with Gasteiger partial charge in [-0.25, -0.2) is 0 Å². The van der Waals surface area contributed by atoms with Crippen LogP contribution in [0, 0.1) is 5.92 Å². The van der Waals surface area contributed by atoms with Gasteiger partial charge in [-0.1, -0.05) is 0 Å². The van der Waals surface area contributed by atoms with Crippen molar-refractivity contribution >= 4 is 0 Å². The first kappa shape index (κ1) is 11.7. The van der Waals surface area contributed by atoms with Crippen LogP contribution in [0.1, 0.15) is 38.5 Å². The summed E-state index contributed by atoms with van der Waals surface area (Å²) in [7, 11) is 2.42. The number of hydrogen-bond donors (Lipinski definition) is 1. The molecular weight excluding hydrogens is 222 g/mol. The van der Waals surface area contributed by atoms with Gasteiger partial charge in [0.05, 0.1) is 0 Å². The number of rotatable bonds is 2. The summed E-state index contributed by atoms with van der Waals surface area (Å²) in [5.41, 5.74) is 0. The molecule has 0 aromatic carbocycles. The van der Waals surface area contributed by atoms with Gasteiger partial charge >= 0.3 is 0 Å². The molecule has 4 heterocycles. The highest BCUT2D eigenvalue weighted by Gasteiger charge is 2.41. The first-order valence-electron chi connectivity index (χ1n) is 8.00. The van der Waals surface area contributed by atoms with Crippen LogP contribution in [0.2, 0.25) is 0 Å². The molecule has 3 heteroatoms. The summed E-state index contributed by atoms with van der Waals surface area (Å²) in [5.74, 6) is 0.969. The molecule has 3 nitrogen and oxygen atoms in total. The minimum Gasteiger partial charge on any atom is -0.311 e. The summed E-state index contributed by atoms with van der Waals surface area (Å²) in [4.78, 5) is 5.46. The molecule has 4 rings (SSSR count). The van der Waals surface area contributed by atoms with Crippen molar-refractivity contribution in [2.45, 2.75) is 62.7 Å². The van der Waals surface area contributed by atoms with Crippen LogP contribution in [0.5, 0.6) is 0 Å². The molecule has 4 aliphatic heterocycles. The van der Waals surface area contributed by atoms with Crippen molar-refractivity contribution in [2.24, 2.45) is 5.92 Å². The highest BCUT2D eigenvalue weighted by molar-refractivity contribution is 4.99. The lowest BCUT2D eigenvalue weighted by molar-refractivity contribution is 0.0638. The zero-order valence-corrected chi connectivity index (χ0v) is 11.6. The number of piperidine rings is 2. The molecule has 18 heavy (non-hydrogen) atoms. The van der Waals surface area contributed by atoms with Gasteiger partial charge in [-0.3, -0.25) is 4.90 Å². The molecule has 5 atom stereocenters. The van der Waals surface area contributed by atoms with Gasteiger partial charge in [-0.2, -0.15) is 0 Å². The van der Waals surface area contributed by atoms with Crippen molar-refractivity contribution in [1.29, 1.82) is 0 Å². The van der Waals surface area contributed by atoms with E-state index in [-0.39, 0.29) is 0 Å². The lowest BCUT2D eigenvalue weighted by Gasteiger charge is -2.44. The third-order valence-electron chi connectivity index (χ3n) is 6.14. The van der Waals surface area contributed by atoms with Gasteiger partial charge in [-0.15, -0.1) is 0 Å². The molecule has 4 bridgehead atoms. The van der Waals surface area contributed by atoms with Crippen molar-refractivity contribution in [1.82, 2.24) is 15.1 Å². The monoisotopic (exact) mass is 249 g/mol. The molecule has 4 saturated heterocycles. The van der Waals surface area contributed by atoms with Crippen LogP contribution < -0.4 is 5.32 Å².